The number of hydrogen-bond donors (Lipinski definition) is 0. The third kappa shape index (κ3) is 1.70. The van der Waals surface area contributed by atoms with Crippen molar-refractivity contribution in [3.8, 4) is 6.07 Å². The molecule has 0 saturated carbocycles. The summed E-state index contributed by atoms with van der Waals surface area (Å²) in [5.74, 6) is 0. The lowest BCUT2D eigenvalue weighted by molar-refractivity contribution is 0.590. The van der Waals surface area contributed by atoms with Gasteiger partial charge in [-0.15, -0.1) is 0 Å². The standard InChI is InChI=1S/C14H17N3/c1-9-12-10(8-15)6-7-11(14(2,3)4)13(12)17(5)16-9/h6-7H,1-5H3. The van der Waals surface area contributed by atoms with Crippen LogP contribution in [-0.4, -0.2) is 9.78 Å². The summed E-state index contributed by atoms with van der Waals surface area (Å²) in [4.78, 5) is 0. The minimum absolute atomic E-state index is 0.0481. The summed E-state index contributed by atoms with van der Waals surface area (Å²) in [7, 11) is 1.94. The number of rotatable bonds is 0. The quantitative estimate of drug-likeness (QED) is 0.694. The summed E-state index contributed by atoms with van der Waals surface area (Å²) in [5.41, 5.74) is 3.99. The molecule has 1 aromatic heterocycles. The normalized spacial score (nSPS) is 11.8. The minimum atomic E-state index is 0.0481. The summed E-state index contributed by atoms with van der Waals surface area (Å²) in [6.07, 6.45) is 0. The molecule has 0 radical (unpaired) electrons. The molecule has 0 amide bonds. The second kappa shape index (κ2) is 3.59. The summed E-state index contributed by atoms with van der Waals surface area (Å²) in [6.45, 7) is 8.48. The molecule has 2 aromatic rings. The number of nitrogens with zero attached hydrogens (tertiary/aromatic N) is 3. The van der Waals surface area contributed by atoms with Gasteiger partial charge in [-0.25, -0.2) is 0 Å². The van der Waals surface area contributed by atoms with Gasteiger partial charge in [-0.05, 0) is 24.0 Å². The predicted octanol–water partition coefficient (Wildman–Crippen LogP) is 3.05. The second-order valence-corrected chi connectivity index (χ2v) is 5.46. The molecule has 0 aliphatic rings. The van der Waals surface area contributed by atoms with Crippen LogP contribution in [0.5, 0.6) is 0 Å². The van der Waals surface area contributed by atoms with Crippen LogP contribution in [0, 0.1) is 18.3 Å². The maximum atomic E-state index is 9.18. The van der Waals surface area contributed by atoms with E-state index in [-0.39, 0.29) is 5.41 Å². The average Bonchev–Trinajstić information content (AvgIpc) is 2.53. The van der Waals surface area contributed by atoms with Crippen molar-refractivity contribution in [2.75, 3.05) is 0 Å². The van der Waals surface area contributed by atoms with Gasteiger partial charge in [0.15, 0.2) is 0 Å². The van der Waals surface area contributed by atoms with Crippen molar-refractivity contribution >= 4 is 10.9 Å². The maximum absolute atomic E-state index is 9.18. The highest BCUT2D eigenvalue weighted by atomic mass is 15.3. The largest absolute Gasteiger partial charge is 0.267 e. The van der Waals surface area contributed by atoms with Crippen molar-refractivity contribution in [2.24, 2.45) is 7.05 Å². The molecule has 0 fully saturated rings. The van der Waals surface area contributed by atoms with Crippen molar-refractivity contribution in [1.29, 1.82) is 5.26 Å². The molecule has 0 bridgehead atoms. The fourth-order valence-electron chi connectivity index (χ4n) is 2.32. The Morgan fingerprint density at radius 2 is 1.94 bits per heavy atom. The van der Waals surface area contributed by atoms with E-state index >= 15 is 0 Å². The van der Waals surface area contributed by atoms with E-state index < -0.39 is 0 Å². The zero-order chi connectivity index (χ0) is 12.8. The molecule has 0 saturated heterocycles. The van der Waals surface area contributed by atoms with E-state index in [2.05, 4.69) is 31.9 Å². The molecule has 2 rings (SSSR count). The second-order valence-electron chi connectivity index (χ2n) is 5.46. The molecule has 1 heterocycles. The number of aryl methyl sites for hydroxylation is 2. The number of nitriles is 1. The van der Waals surface area contributed by atoms with Gasteiger partial charge in [0, 0.05) is 12.4 Å². The molecule has 17 heavy (non-hydrogen) atoms. The van der Waals surface area contributed by atoms with E-state index in [1.807, 2.05) is 30.8 Å². The highest BCUT2D eigenvalue weighted by Crippen LogP contribution is 2.32. The number of fused-ring (bicyclic) bond motifs is 1. The summed E-state index contributed by atoms with van der Waals surface area (Å²) in [5, 5.41) is 14.6. The average molecular weight is 227 g/mol. The van der Waals surface area contributed by atoms with Gasteiger partial charge in [-0.2, -0.15) is 10.4 Å². The molecule has 0 aliphatic carbocycles. The SMILES string of the molecule is Cc1nn(C)c2c(C(C)(C)C)ccc(C#N)c12. The van der Waals surface area contributed by atoms with Crippen LogP contribution in [0.3, 0.4) is 0 Å². The molecular weight excluding hydrogens is 210 g/mol. The van der Waals surface area contributed by atoms with Gasteiger partial charge in [0.05, 0.1) is 22.8 Å². The Bertz CT molecular complexity index is 621. The molecule has 0 unspecified atom stereocenters. The molecule has 0 N–H and O–H groups in total. The minimum Gasteiger partial charge on any atom is -0.267 e. The molecule has 1 aromatic carbocycles. The molecule has 0 atom stereocenters. The van der Waals surface area contributed by atoms with Crippen LogP contribution in [0.2, 0.25) is 0 Å². The monoisotopic (exact) mass is 227 g/mol. The molecule has 3 nitrogen and oxygen atoms in total. The van der Waals surface area contributed by atoms with E-state index in [4.69, 9.17) is 0 Å². The van der Waals surface area contributed by atoms with Crippen LogP contribution < -0.4 is 0 Å². The maximum Gasteiger partial charge on any atom is 0.0999 e. The van der Waals surface area contributed by atoms with Gasteiger partial charge >= 0.3 is 0 Å². The first-order valence-corrected chi connectivity index (χ1v) is 5.73. The first-order valence-electron chi connectivity index (χ1n) is 5.73. The molecule has 0 spiro atoms. The molecule has 3 heteroatoms. The van der Waals surface area contributed by atoms with Crippen molar-refractivity contribution in [3.63, 3.8) is 0 Å². The molecule has 88 valence electrons. The van der Waals surface area contributed by atoms with E-state index in [1.165, 1.54) is 5.56 Å². The third-order valence-corrected chi connectivity index (χ3v) is 3.09. The van der Waals surface area contributed by atoms with Crippen LogP contribution in [0.4, 0.5) is 0 Å². The van der Waals surface area contributed by atoms with Gasteiger partial charge in [-0.3, -0.25) is 4.68 Å². The van der Waals surface area contributed by atoms with Crippen LogP contribution >= 0.6 is 0 Å². The lowest BCUT2D eigenvalue weighted by Gasteiger charge is -2.20. The topological polar surface area (TPSA) is 41.6 Å². The lowest BCUT2D eigenvalue weighted by Crippen LogP contribution is -2.13. The highest BCUT2D eigenvalue weighted by Gasteiger charge is 2.21. The Labute approximate surface area is 102 Å². The van der Waals surface area contributed by atoms with Gasteiger partial charge < -0.3 is 0 Å². The Morgan fingerprint density at radius 3 is 2.47 bits per heavy atom. The third-order valence-electron chi connectivity index (χ3n) is 3.09. The zero-order valence-electron chi connectivity index (χ0n) is 11.0. The Morgan fingerprint density at radius 1 is 1.29 bits per heavy atom. The van der Waals surface area contributed by atoms with Crippen molar-refractivity contribution in [3.05, 3.63) is 29.0 Å². The number of hydrogen-bond acceptors (Lipinski definition) is 2. The van der Waals surface area contributed by atoms with Crippen molar-refractivity contribution in [2.45, 2.75) is 33.1 Å². The molecular formula is C14H17N3. The Kier molecular flexibility index (Phi) is 2.46. The van der Waals surface area contributed by atoms with Gasteiger partial charge in [-0.1, -0.05) is 26.8 Å². The number of aromatic nitrogens is 2. The lowest BCUT2D eigenvalue weighted by atomic mass is 9.84. The van der Waals surface area contributed by atoms with Gasteiger partial charge in [0.25, 0.3) is 0 Å². The number of benzene rings is 1. The van der Waals surface area contributed by atoms with Gasteiger partial charge in [0.1, 0.15) is 0 Å². The van der Waals surface area contributed by atoms with E-state index in [0.717, 1.165) is 16.6 Å². The van der Waals surface area contributed by atoms with Gasteiger partial charge in [0.2, 0.25) is 0 Å². The van der Waals surface area contributed by atoms with Crippen molar-refractivity contribution < 1.29 is 0 Å². The first kappa shape index (κ1) is 11.7. The van der Waals surface area contributed by atoms with E-state index in [9.17, 15) is 5.26 Å². The summed E-state index contributed by atoms with van der Waals surface area (Å²) >= 11 is 0. The summed E-state index contributed by atoms with van der Waals surface area (Å²) in [6, 6.07) is 6.19. The van der Waals surface area contributed by atoms with Crippen LogP contribution in [-0.2, 0) is 12.5 Å². The van der Waals surface area contributed by atoms with Crippen molar-refractivity contribution in [1.82, 2.24) is 9.78 Å². The van der Waals surface area contributed by atoms with E-state index in [1.54, 1.807) is 0 Å². The smallest absolute Gasteiger partial charge is 0.0999 e. The van der Waals surface area contributed by atoms with Crippen LogP contribution in [0.25, 0.3) is 10.9 Å². The highest BCUT2D eigenvalue weighted by molar-refractivity contribution is 5.90. The zero-order valence-corrected chi connectivity index (χ0v) is 11.0. The first-order chi connectivity index (χ1) is 7.86. The Hall–Kier alpha value is -1.82. The fourth-order valence-corrected chi connectivity index (χ4v) is 2.32. The fraction of sp³-hybridized carbons (Fsp3) is 0.429. The molecule has 0 aliphatic heterocycles. The van der Waals surface area contributed by atoms with Crippen LogP contribution in [0.15, 0.2) is 12.1 Å². The van der Waals surface area contributed by atoms with Crippen LogP contribution in [0.1, 0.15) is 37.6 Å². The summed E-state index contributed by atoms with van der Waals surface area (Å²) < 4.78 is 1.88. The van der Waals surface area contributed by atoms with E-state index in [0.29, 0.717) is 5.56 Å². The predicted molar refractivity (Wildman–Crippen MR) is 68.9 cm³/mol. The Balaban J connectivity index is 2.97.